The molecule has 3 nitrogen and oxygen atoms in total. The van der Waals surface area contributed by atoms with E-state index >= 15 is 0 Å². The van der Waals surface area contributed by atoms with Crippen LogP contribution in [-0.4, -0.2) is 36.1 Å². The Bertz CT molecular complexity index is 335. The first-order valence-corrected chi connectivity index (χ1v) is 5.45. The van der Waals surface area contributed by atoms with Gasteiger partial charge < -0.3 is 10.0 Å². The number of carboxylic acids is 1. The lowest BCUT2D eigenvalue weighted by Gasteiger charge is -2.29. The van der Waals surface area contributed by atoms with Crippen LogP contribution in [0, 0.1) is 0 Å². The number of hydrogen-bond donors (Lipinski definition) is 1. The van der Waals surface area contributed by atoms with Crippen molar-refractivity contribution in [2.45, 2.75) is 25.3 Å². The maximum absolute atomic E-state index is 10.8. The van der Waals surface area contributed by atoms with Crippen LogP contribution < -0.4 is 0 Å². The van der Waals surface area contributed by atoms with Crippen LogP contribution in [0.25, 0.3) is 0 Å². The van der Waals surface area contributed by atoms with E-state index in [0.29, 0.717) is 0 Å². The lowest BCUT2D eigenvalue weighted by Crippen LogP contribution is -2.34. The van der Waals surface area contributed by atoms with Crippen molar-refractivity contribution in [1.29, 1.82) is 0 Å². The Kier molecular flexibility index (Phi) is 4.50. The molecule has 1 aromatic carbocycles. The zero-order valence-electron chi connectivity index (χ0n) is 10.1. The van der Waals surface area contributed by atoms with Gasteiger partial charge in [-0.2, -0.15) is 0 Å². The maximum atomic E-state index is 10.8. The Morgan fingerprint density at radius 3 is 2.31 bits per heavy atom. The van der Waals surface area contributed by atoms with Crippen LogP contribution in [0.5, 0.6) is 0 Å². The summed E-state index contributed by atoms with van der Waals surface area (Å²) in [4.78, 5) is 12.8. The van der Waals surface area contributed by atoms with E-state index in [1.807, 2.05) is 49.3 Å². The first-order chi connectivity index (χ1) is 7.52. The average Bonchev–Trinajstić information content (AvgIpc) is 2.25. The minimum atomic E-state index is -0.749. The third-order valence-corrected chi connectivity index (χ3v) is 2.95. The second kappa shape index (κ2) is 5.66. The average molecular weight is 221 g/mol. The third-order valence-electron chi connectivity index (χ3n) is 2.95. The second-order valence-electron chi connectivity index (χ2n) is 4.33. The summed E-state index contributed by atoms with van der Waals surface area (Å²) in [6, 6.07) is 10.1. The lowest BCUT2D eigenvalue weighted by atomic mass is 9.90. The topological polar surface area (TPSA) is 40.5 Å². The number of hydrogen-bond acceptors (Lipinski definition) is 2. The van der Waals surface area contributed by atoms with Gasteiger partial charge >= 0.3 is 5.97 Å². The number of carbonyl (C=O) groups is 1. The third kappa shape index (κ3) is 3.35. The Morgan fingerprint density at radius 2 is 1.88 bits per heavy atom. The SMILES string of the molecule is CC(c1ccccc1)C(CC(=O)O)N(C)C. The molecule has 1 rings (SSSR count). The van der Waals surface area contributed by atoms with Crippen LogP contribution >= 0.6 is 0 Å². The van der Waals surface area contributed by atoms with Crippen LogP contribution in [0.1, 0.15) is 24.8 Å². The normalized spacial score (nSPS) is 14.8. The van der Waals surface area contributed by atoms with Crippen molar-refractivity contribution in [1.82, 2.24) is 4.90 Å². The molecule has 88 valence electrons. The zero-order chi connectivity index (χ0) is 12.1. The molecule has 2 unspecified atom stereocenters. The number of benzene rings is 1. The van der Waals surface area contributed by atoms with E-state index in [9.17, 15) is 4.79 Å². The van der Waals surface area contributed by atoms with Gasteiger partial charge in [-0.1, -0.05) is 37.3 Å². The van der Waals surface area contributed by atoms with E-state index in [0.717, 1.165) is 0 Å². The van der Waals surface area contributed by atoms with Gasteiger partial charge in [0, 0.05) is 6.04 Å². The summed E-state index contributed by atoms with van der Waals surface area (Å²) in [7, 11) is 3.85. The highest BCUT2D eigenvalue weighted by Gasteiger charge is 2.23. The molecule has 1 aromatic rings. The quantitative estimate of drug-likeness (QED) is 0.828. The smallest absolute Gasteiger partial charge is 0.304 e. The molecule has 2 atom stereocenters. The van der Waals surface area contributed by atoms with Gasteiger partial charge in [-0.15, -0.1) is 0 Å². The minimum Gasteiger partial charge on any atom is -0.481 e. The fraction of sp³-hybridized carbons (Fsp3) is 0.462. The lowest BCUT2D eigenvalue weighted by molar-refractivity contribution is -0.138. The first kappa shape index (κ1) is 12.7. The maximum Gasteiger partial charge on any atom is 0.304 e. The summed E-state index contributed by atoms with van der Waals surface area (Å²) < 4.78 is 0. The predicted octanol–water partition coefficient (Wildman–Crippen LogP) is 2.20. The van der Waals surface area contributed by atoms with E-state index in [2.05, 4.69) is 6.92 Å². The molecule has 0 aliphatic heterocycles. The molecule has 0 radical (unpaired) electrons. The summed E-state index contributed by atoms with van der Waals surface area (Å²) in [5.74, 6) is -0.534. The standard InChI is InChI=1S/C13H19NO2/c1-10(11-7-5-4-6-8-11)12(14(2)3)9-13(15)16/h4-8,10,12H,9H2,1-3H3,(H,15,16). The predicted molar refractivity (Wildman–Crippen MR) is 64.6 cm³/mol. The van der Waals surface area contributed by atoms with Gasteiger partial charge in [-0.3, -0.25) is 4.79 Å². The van der Waals surface area contributed by atoms with Gasteiger partial charge in [0.25, 0.3) is 0 Å². The molecular weight excluding hydrogens is 202 g/mol. The van der Waals surface area contributed by atoms with E-state index in [1.165, 1.54) is 5.56 Å². The molecule has 1 N–H and O–H groups in total. The largest absolute Gasteiger partial charge is 0.481 e. The van der Waals surface area contributed by atoms with Gasteiger partial charge in [0.1, 0.15) is 0 Å². The summed E-state index contributed by atoms with van der Waals surface area (Å²) in [5, 5.41) is 8.90. The van der Waals surface area contributed by atoms with Crippen molar-refractivity contribution in [2.24, 2.45) is 0 Å². The van der Waals surface area contributed by atoms with Crippen molar-refractivity contribution < 1.29 is 9.90 Å². The van der Waals surface area contributed by atoms with Gasteiger partial charge in [-0.05, 0) is 25.6 Å². The van der Waals surface area contributed by atoms with E-state index < -0.39 is 5.97 Å². The molecular formula is C13H19NO2. The Balaban J connectivity index is 2.83. The molecule has 0 saturated heterocycles. The van der Waals surface area contributed by atoms with Crippen LogP contribution in [0.15, 0.2) is 30.3 Å². The first-order valence-electron chi connectivity index (χ1n) is 5.45. The van der Waals surface area contributed by atoms with Crippen molar-refractivity contribution in [3.05, 3.63) is 35.9 Å². The summed E-state index contributed by atoms with van der Waals surface area (Å²) in [6.45, 7) is 2.07. The van der Waals surface area contributed by atoms with E-state index in [4.69, 9.17) is 5.11 Å². The van der Waals surface area contributed by atoms with Crippen molar-refractivity contribution >= 4 is 5.97 Å². The number of nitrogens with zero attached hydrogens (tertiary/aromatic N) is 1. The number of carboxylic acid groups (broad SMARTS) is 1. The van der Waals surface area contributed by atoms with Crippen LogP contribution in [-0.2, 0) is 4.79 Å². The number of rotatable bonds is 5. The Labute approximate surface area is 96.7 Å². The number of likely N-dealkylation sites (N-methyl/N-ethyl adjacent to an activating group) is 1. The van der Waals surface area contributed by atoms with E-state index in [1.54, 1.807) is 0 Å². The Morgan fingerprint density at radius 1 is 1.31 bits per heavy atom. The summed E-state index contributed by atoms with van der Waals surface area (Å²) in [6.07, 6.45) is 0.170. The van der Waals surface area contributed by atoms with Gasteiger partial charge in [0.15, 0.2) is 0 Å². The van der Waals surface area contributed by atoms with Crippen LogP contribution in [0.2, 0.25) is 0 Å². The molecule has 0 fully saturated rings. The molecule has 0 aromatic heterocycles. The highest BCUT2D eigenvalue weighted by Crippen LogP contribution is 2.23. The molecule has 16 heavy (non-hydrogen) atoms. The fourth-order valence-electron chi connectivity index (χ4n) is 1.96. The summed E-state index contributed by atoms with van der Waals surface area (Å²) >= 11 is 0. The van der Waals surface area contributed by atoms with Crippen molar-refractivity contribution in [3.8, 4) is 0 Å². The van der Waals surface area contributed by atoms with Crippen molar-refractivity contribution in [2.75, 3.05) is 14.1 Å². The molecule has 0 spiro atoms. The molecule has 0 amide bonds. The van der Waals surface area contributed by atoms with Gasteiger partial charge in [-0.25, -0.2) is 0 Å². The summed E-state index contributed by atoms with van der Waals surface area (Å²) in [5.41, 5.74) is 1.18. The molecule has 0 heterocycles. The van der Waals surface area contributed by atoms with E-state index in [-0.39, 0.29) is 18.4 Å². The monoisotopic (exact) mass is 221 g/mol. The molecule has 0 aliphatic carbocycles. The fourth-order valence-corrected chi connectivity index (χ4v) is 1.96. The van der Waals surface area contributed by atoms with Gasteiger partial charge in [0.05, 0.1) is 6.42 Å². The molecule has 0 bridgehead atoms. The number of aliphatic carboxylic acids is 1. The van der Waals surface area contributed by atoms with Crippen LogP contribution in [0.3, 0.4) is 0 Å². The molecule has 0 saturated carbocycles. The highest BCUT2D eigenvalue weighted by molar-refractivity contribution is 5.67. The second-order valence-corrected chi connectivity index (χ2v) is 4.33. The highest BCUT2D eigenvalue weighted by atomic mass is 16.4. The van der Waals surface area contributed by atoms with Gasteiger partial charge in [0.2, 0.25) is 0 Å². The van der Waals surface area contributed by atoms with Crippen LogP contribution in [0.4, 0.5) is 0 Å². The zero-order valence-corrected chi connectivity index (χ0v) is 10.1. The molecule has 0 aliphatic rings. The Hall–Kier alpha value is -1.35. The van der Waals surface area contributed by atoms with Crippen molar-refractivity contribution in [3.63, 3.8) is 0 Å². The minimum absolute atomic E-state index is 0.0277. The molecule has 3 heteroatoms.